The van der Waals surface area contributed by atoms with E-state index < -0.39 is 29.9 Å². The van der Waals surface area contributed by atoms with Crippen LogP contribution in [0.1, 0.15) is 18.1 Å². The van der Waals surface area contributed by atoms with Gasteiger partial charge in [-0.2, -0.15) is 0 Å². The van der Waals surface area contributed by atoms with Gasteiger partial charge < -0.3 is 35.6 Å². The highest BCUT2D eigenvalue weighted by Crippen LogP contribution is 2.25. The molecule has 35 heavy (non-hydrogen) atoms. The third-order valence-corrected chi connectivity index (χ3v) is 5.85. The zero-order valence-electron chi connectivity index (χ0n) is 19.2. The van der Waals surface area contributed by atoms with Gasteiger partial charge in [0.25, 0.3) is 0 Å². The number of benzene rings is 2. The molecule has 0 saturated carbocycles. The number of fused-ring (bicyclic) bond motifs is 2. The number of hydrogen-bond acceptors (Lipinski definition) is 6. The van der Waals surface area contributed by atoms with Crippen molar-refractivity contribution in [3.63, 3.8) is 0 Å². The molecule has 2 aromatic carbocycles. The van der Waals surface area contributed by atoms with Crippen LogP contribution in [-0.2, 0) is 32.0 Å². The number of aromatic amines is 2. The highest BCUT2D eigenvalue weighted by atomic mass is 16.5. The van der Waals surface area contributed by atoms with Crippen LogP contribution in [0.15, 0.2) is 48.8 Å². The second-order valence-electron chi connectivity index (χ2n) is 8.33. The van der Waals surface area contributed by atoms with Gasteiger partial charge in [-0.1, -0.05) is 0 Å². The first-order valence-electron chi connectivity index (χ1n) is 11.0. The molecule has 0 bridgehead atoms. The molecule has 0 aliphatic rings. The summed E-state index contributed by atoms with van der Waals surface area (Å²) in [6, 6.07) is 7.67. The number of ether oxygens (including phenoxy) is 1. The lowest BCUT2D eigenvalue weighted by Crippen LogP contribution is -2.53. The summed E-state index contributed by atoms with van der Waals surface area (Å²) in [5.74, 6) is -1.46. The third kappa shape index (κ3) is 5.21. The molecule has 4 aromatic rings. The van der Waals surface area contributed by atoms with Gasteiger partial charge in [0.15, 0.2) is 0 Å². The summed E-state index contributed by atoms with van der Waals surface area (Å²) in [6.07, 6.45) is 3.65. The topological polar surface area (TPSA) is 157 Å². The first-order valence-corrected chi connectivity index (χ1v) is 11.0. The van der Waals surface area contributed by atoms with Crippen molar-refractivity contribution in [2.24, 2.45) is 0 Å². The molecule has 0 unspecified atom stereocenters. The average Bonchev–Trinajstić information content (AvgIpc) is 3.40. The van der Waals surface area contributed by atoms with Crippen LogP contribution in [0.3, 0.4) is 0 Å². The van der Waals surface area contributed by atoms with Gasteiger partial charge in [-0.3, -0.25) is 9.59 Å². The van der Waals surface area contributed by atoms with E-state index in [4.69, 9.17) is 4.74 Å². The quantitative estimate of drug-likeness (QED) is 0.213. The zero-order chi connectivity index (χ0) is 25.1. The van der Waals surface area contributed by atoms with Gasteiger partial charge in [0, 0.05) is 54.0 Å². The number of aromatic hydroxyl groups is 2. The Morgan fingerprint density at radius 3 is 1.86 bits per heavy atom. The van der Waals surface area contributed by atoms with Gasteiger partial charge in [0.2, 0.25) is 11.8 Å². The van der Waals surface area contributed by atoms with E-state index in [2.05, 4.69) is 20.6 Å². The van der Waals surface area contributed by atoms with E-state index in [9.17, 15) is 24.6 Å². The van der Waals surface area contributed by atoms with Crippen molar-refractivity contribution >= 4 is 39.6 Å². The summed E-state index contributed by atoms with van der Waals surface area (Å²) >= 11 is 0. The molecule has 2 aromatic heterocycles. The van der Waals surface area contributed by atoms with Gasteiger partial charge >= 0.3 is 5.97 Å². The Balaban J connectivity index is 1.58. The molecule has 0 spiro atoms. The Bertz CT molecular complexity index is 1410. The molecule has 6 N–H and O–H groups in total. The van der Waals surface area contributed by atoms with E-state index in [1.165, 1.54) is 14.0 Å². The lowest BCUT2D eigenvalue weighted by molar-refractivity contribution is -0.145. The van der Waals surface area contributed by atoms with Gasteiger partial charge in [0.05, 0.1) is 7.11 Å². The number of H-pyrrole nitrogens is 2. The summed E-state index contributed by atoms with van der Waals surface area (Å²) in [5, 5.41) is 26.5. The number of carbonyl (C=O) groups excluding carboxylic acids is 3. The van der Waals surface area contributed by atoms with Crippen molar-refractivity contribution in [1.29, 1.82) is 0 Å². The molecule has 2 amide bonds. The maximum atomic E-state index is 13.2. The fourth-order valence-corrected chi connectivity index (χ4v) is 4.17. The lowest BCUT2D eigenvalue weighted by Gasteiger charge is -2.22. The maximum Gasteiger partial charge on any atom is 0.328 e. The Morgan fingerprint density at radius 1 is 0.857 bits per heavy atom. The smallest absolute Gasteiger partial charge is 0.328 e. The summed E-state index contributed by atoms with van der Waals surface area (Å²) < 4.78 is 4.90. The number of phenolic OH excluding ortho intramolecular Hbond substituents is 2. The number of nitrogens with one attached hydrogen (secondary N) is 4. The Morgan fingerprint density at radius 2 is 1.37 bits per heavy atom. The average molecular weight is 479 g/mol. The SMILES string of the molecule is COC(=O)[C@H](Cc1c[nH]c2ccc(O)cc12)NC(=O)[C@H](Cc1c[nH]c2ccc(O)cc12)NC(C)=O. The summed E-state index contributed by atoms with van der Waals surface area (Å²) in [5.41, 5.74) is 2.96. The highest BCUT2D eigenvalue weighted by molar-refractivity contribution is 5.92. The normalized spacial score (nSPS) is 12.9. The van der Waals surface area contributed by atoms with Gasteiger partial charge in [-0.15, -0.1) is 0 Å². The molecule has 2 heterocycles. The summed E-state index contributed by atoms with van der Waals surface area (Å²) in [7, 11) is 1.23. The number of aromatic nitrogens is 2. The number of hydrogen-bond donors (Lipinski definition) is 6. The number of amides is 2. The predicted molar refractivity (Wildman–Crippen MR) is 129 cm³/mol. The van der Waals surface area contributed by atoms with Crippen molar-refractivity contribution in [2.45, 2.75) is 31.8 Å². The number of carbonyl (C=O) groups is 3. The minimum Gasteiger partial charge on any atom is -0.508 e. The van der Waals surface area contributed by atoms with Crippen molar-refractivity contribution in [2.75, 3.05) is 7.11 Å². The van der Waals surface area contributed by atoms with Crippen molar-refractivity contribution in [3.05, 3.63) is 59.9 Å². The number of phenols is 2. The highest BCUT2D eigenvalue weighted by Gasteiger charge is 2.28. The largest absolute Gasteiger partial charge is 0.508 e. The standard InChI is InChI=1S/C25H26N4O6/c1-13(30)28-22(7-14-11-26-20-5-3-16(31)9-18(14)20)24(33)29-23(25(34)35-2)8-15-12-27-21-6-4-17(32)10-19(15)21/h3-6,9-12,22-23,26-27,31-32H,7-8H2,1-2H3,(H,28,30)(H,29,33)/t22-,23-/m0/s1. The lowest BCUT2D eigenvalue weighted by atomic mass is 10.0. The minimum atomic E-state index is -1.03. The maximum absolute atomic E-state index is 13.2. The molecule has 10 heteroatoms. The van der Waals surface area contributed by atoms with E-state index in [0.717, 1.165) is 16.4 Å². The Hall–Kier alpha value is -4.47. The summed E-state index contributed by atoms with van der Waals surface area (Å²) in [6.45, 7) is 1.30. The second-order valence-corrected chi connectivity index (χ2v) is 8.33. The van der Waals surface area contributed by atoms with Crippen LogP contribution in [-0.4, -0.2) is 57.2 Å². The zero-order valence-corrected chi connectivity index (χ0v) is 19.2. The van der Waals surface area contributed by atoms with Crippen molar-refractivity contribution in [3.8, 4) is 11.5 Å². The van der Waals surface area contributed by atoms with E-state index in [1.54, 1.807) is 48.8 Å². The molecular weight excluding hydrogens is 452 g/mol. The molecule has 0 fully saturated rings. The molecular formula is C25H26N4O6. The van der Waals surface area contributed by atoms with E-state index in [-0.39, 0.29) is 24.3 Å². The molecule has 182 valence electrons. The third-order valence-electron chi connectivity index (χ3n) is 5.85. The van der Waals surface area contributed by atoms with Gasteiger partial charge in [-0.05, 0) is 47.5 Å². The molecule has 2 atom stereocenters. The van der Waals surface area contributed by atoms with Crippen molar-refractivity contribution in [1.82, 2.24) is 20.6 Å². The van der Waals surface area contributed by atoms with Crippen LogP contribution in [0.4, 0.5) is 0 Å². The Labute approximate surface area is 200 Å². The van der Waals surface area contributed by atoms with Crippen LogP contribution in [0.2, 0.25) is 0 Å². The van der Waals surface area contributed by atoms with Gasteiger partial charge in [-0.25, -0.2) is 4.79 Å². The first kappa shape index (κ1) is 23.7. The van der Waals surface area contributed by atoms with Crippen LogP contribution in [0.5, 0.6) is 11.5 Å². The van der Waals surface area contributed by atoms with Crippen LogP contribution >= 0.6 is 0 Å². The monoisotopic (exact) mass is 478 g/mol. The van der Waals surface area contributed by atoms with Crippen LogP contribution in [0, 0.1) is 0 Å². The van der Waals surface area contributed by atoms with E-state index in [1.807, 2.05) is 0 Å². The molecule has 0 saturated heterocycles. The predicted octanol–water partition coefficient (Wildman–Crippen LogP) is 2.01. The fourth-order valence-electron chi connectivity index (χ4n) is 4.17. The Kier molecular flexibility index (Phi) is 6.63. The fraction of sp³-hybridized carbons (Fsp3) is 0.240. The molecule has 10 nitrogen and oxygen atoms in total. The number of esters is 1. The van der Waals surface area contributed by atoms with E-state index in [0.29, 0.717) is 16.5 Å². The second kappa shape index (κ2) is 9.80. The van der Waals surface area contributed by atoms with E-state index >= 15 is 0 Å². The molecule has 0 aliphatic heterocycles. The van der Waals surface area contributed by atoms with Crippen molar-refractivity contribution < 1.29 is 29.3 Å². The van der Waals surface area contributed by atoms with Gasteiger partial charge in [0.1, 0.15) is 23.6 Å². The molecule has 4 rings (SSSR count). The summed E-state index contributed by atoms with van der Waals surface area (Å²) in [4.78, 5) is 43.8. The van der Waals surface area contributed by atoms with Crippen LogP contribution in [0.25, 0.3) is 21.8 Å². The first-order chi connectivity index (χ1) is 16.7. The number of rotatable bonds is 8. The minimum absolute atomic E-state index is 0.0764. The molecule has 0 radical (unpaired) electrons. The van der Waals surface area contributed by atoms with Crippen LogP contribution < -0.4 is 10.6 Å². The molecule has 0 aliphatic carbocycles. The number of methoxy groups -OCH3 is 1.